The van der Waals surface area contributed by atoms with Gasteiger partial charge in [0, 0.05) is 7.05 Å². The maximum atomic E-state index is 13.3. The molecule has 2 heterocycles. The quantitative estimate of drug-likeness (QED) is 0.619. The molecule has 0 bridgehead atoms. The van der Waals surface area contributed by atoms with Gasteiger partial charge in [-0.15, -0.1) is 11.8 Å². The number of carbonyl (C=O) groups is 3. The number of amides is 2. The maximum Gasteiger partial charge on any atom is 0.410 e. The van der Waals surface area contributed by atoms with Crippen molar-refractivity contribution in [1.29, 1.82) is 0 Å². The molecule has 1 unspecified atom stereocenters. The fraction of sp³-hybridized carbons (Fsp3) is 0.800. The second kappa shape index (κ2) is 8.90. The summed E-state index contributed by atoms with van der Waals surface area (Å²) in [7, 11) is 1.59. The molecule has 0 aromatic carbocycles. The average Bonchev–Trinajstić information content (AvgIpc) is 2.79. The fourth-order valence-electron chi connectivity index (χ4n) is 3.78. The summed E-state index contributed by atoms with van der Waals surface area (Å²) < 4.78 is 5.38. The molecule has 0 aliphatic carbocycles. The second-order valence-electron chi connectivity index (χ2n) is 9.62. The minimum absolute atomic E-state index is 0.157. The summed E-state index contributed by atoms with van der Waals surface area (Å²) >= 11 is 7.10. The van der Waals surface area contributed by atoms with Crippen LogP contribution < -0.4 is 5.32 Å². The number of thioether (sulfide) groups is 1. The van der Waals surface area contributed by atoms with Crippen LogP contribution in [0.25, 0.3) is 0 Å². The first-order valence-corrected chi connectivity index (χ1v) is 11.5. The second-order valence-corrected chi connectivity index (χ2v) is 11.3. The summed E-state index contributed by atoms with van der Waals surface area (Å²) in [5.41, 5.74) is -1.14. The smallest absolute Gasteiger partial charge is 0.410 e. The molecule has 4 atom stereocenters. The number of ether oxygens (including phenoxy) is 1. The van der Waals surface area contributed by atoms with Crippen LogP contribution in [0.15, 0.2) is 0 Å². The van der Waals surface area contributed by atoms with Gasteiger partial charge < -0.3 is 25.0 Å². The van der Waals surface area contributed by atoms with Gasteiger partial charge in [0.15, 0.2) is 0 Å². The van der Waals surface area contributed by atoms with E-state index in [4.69, 9.17) is 17.0 Å². The van der Waals surface area contributed by atoms with Crippen molar-refractivity contribution in [2.45, 2.75) is 83.5 Å². The molecule has 2 aliphatic heterocycles. The highest BCUT2D eigenvalue weighted by Gasteiger charge is 2.54. The predicted octanol–water partition coefficient (Wildman–Crippen LogP) is 2.70. The number of nitrogens with one attached hydrogen (secondary N) is 1. The molecule has 170 valence electrons. The molecule has 30 heavy (non-hydrogen) atoms. The highest BCUT2D eigenvalue weighted by molar-refractivity contribution is 7.99. The van der Waals surface area contributed by atoms with E-state index >= 15 is 0 Å². The summed E-state index contributed by atoms with van der Waals surface area (Å²) in [6.07, 6.45) is 0.663. The zero-order chi connectivity index (χ0) is 23.0. The first-order chi connectivity index (χ1) is 13.7. The lowest BCUT2D eigenvalue weighted by molar-refractivity contribution is -0.152. The Morgan fingerprint density at radius 1 is 1.40 bits per heavy atom. The Bertz CT molecular complexity index is 722. The van der Waals surface area contributed by atoms with Crippen molar-refractivity contribution >= 4 is 46.9 Å². The van der Waals surface area contributed by atoms with Gasteiger partial charge in [0.2, 0.25) is 5.91 Å². The fourth-order valence-corrected chi connectivity index (χ4v) is 5.66. The zero-order valence-electron chi connectivity index (χ0n) is 18.7. The number of rotatable bonds is 4. The Balaban J connectivity index is 2.12. The van der Waals surface area contributed by atoms with Crippen LogP contribution in [-0.4, -0.2) is 79.8 Å². The maximum absolute atomic E-state index is 13.3. The normalized spacial score (nSPS) is 27.0. The highest BCUT2D eigenvalue weighted by Crippen LogP contribution is 2.46. The minimum atomic E-state index is -0.988. The van der Waals surface area contributed by atoms with Crippen molar-refractivity contribution in [3.8, 4) is 0 Å². The summed E-state index contributed by atoms with van der Waals surface area (Å²) in [6, 6.07) is -1.99. The van der Waals surface area contributed by atoms with Crippen LogP contribution in [0.1, 0.15) is 54.4 Å². The Kier molecular flexibility index (Phi) is 7.33. The summed E-state index contributed by atoms with van der Waals surface area (Å²) in [6.45, 7) is 10.9. The third kappa shape index (κ3) is 5.38. The van der Waals surface area contributed by atoms with Crippen molar-refractivity contribution < 1.29 is 24.2 Å². The lowest BCUT2D eigenvalue weighted by Gasteiger charge is -2.33. The van der Waals surface area contributed by atoms with Gasteiger partial charge in [-0.2, -0.15) is 0 Å². The van der Waals surface area contributed by atoms with Crippen molar-refractivity contribution in [3.63, 3.8) is 0 Å². The molecule has 0 aromatic heterocycles. The molecule has 10 heteroatoms. The molecular weight excluding hydrogens is 426 g/mol. The number of thiocarbonyl (C=S) groups is 1. The monoisotopic (exact) mass is 459 g/mol. The molecule has 0 spiro atoms. The van der Waals surface area contributed by atoms with Crippen LogP contribution in [0, 0.1) is 5.41 Å². The lowest BCUT2D eigenvalue weighted by atomic mass is 9.84. The molecule has 0 radical (unpaired) electrons. The molecule has 8 nitrogen and oxygen atoms in total. The molecular formula is C20H33N3O5S2. The third-order valence-corrected chi connectivity index (χ3v) is 7.20. The Labute approximate surface area is 188 Å². The van der Waals surface area contributed by atoms with E-state index in [0.717, 1.165) is 0 Å². The van der Waals surface area contributed by atoms with Gasteiger partial charge in [-0.05, 0) is 51.7 Å². The number of hydrogen-bond acceptors (Lipinski definition) is 6. The van der Waals surface area contributed by atoms with E-state index in [1.165, 1.54) is 9.80 Å². The van der Waals surface area contributed by atoms with Crippen molar-refractivity contribution in [3.05, 3.63) is 0 Å². The van der Waals surface area contributed by atoms with Crippen molar-refractivity contribution in [2.75, 3.05) is 12.8 Å². The highest BCUT2D eigenvalue weighted by atomic mass is 32.2. The van der Waals surface area contributed by atoms with Gasteiger partial charge >= 0.3 is 12.1 Å². The Hall–Kier alpha value is -1.55. The molecule has 2 aliphatic rings. The lowest BCUT2D eigenvalue weighted by Crippen LogP contribution is -2.56. The SMILES string of the molecule is CC(C(=S)N[C@H]1CCS[C@H]2CC(C)(C)[C@@H](C(=O)O)N2C1=O)N(C)C(=O)OC(C)(C)C. The van der Waals surface area contributed by atoms with E-state index in [-0.39, 0.29) is 11.3 Å². The molecule has 2 rings (SSSR count). The Morgan fingerprint density at radius 3 is 2.53 bits per heavy atom. The molecule has 2 fully saturated rings. The van der Waals surface area contributed by atoms with E-state index in [1.807, 2.05) is 13.8 Å². The van der Waals surface area contributed by atoms with E-state index in [2.05, 4.69) is 5.32 Å². The van der Waals surface area contributed by atoms with Crippen molar-refractivity contribution in [1.82, 2.24) is 15.1 Å². The van der Waals surface area contributed by atoms with Gasteiger partial charge in [-0.25, -0.2) is 9.59 Å². The largest absolute Gasteiger partial charge is 0.480 e. The summed E-state index contributed by atoms with van der Waals surface area (Å²) in [5.74, 6) is -0.526. The van der Waals surface area contributed by atoms with Gasteiger partial charge in [-0.3, -0.25) is 4.79 Å². The van der Waals surface area contributed by atoms with Gasteiger partial charge in [-0.1, -0.05) is 26.1 Å². The molecule has 2 amide bonds. The standard InChI is InChI=1S/C20H33N3O5S2/c1-11(22(7)18(27)28-19(2,3)4)15(29)21-12-8-9-30-13-10-20(5,6)14(17(25)26)23(13)16(12)24/h11-14H,8-10H2,1-7H3,(H,21,29)(H,25,26)/t11?,12-,13-,14+/m0/s1. The molecule has 2 N–H and O–H groups in total. The van der Waals surface area contributed by atoms with E-state index < -0.39 is 41.2 Å². The predicted molar refractivity (Wildman–Crippen MR) is 121 cm³/mol. The molecule has 0 saturated carbocycles. The zero-order valence-corrected chi connectivity index (χ0v) is 20.4. The number of carbonyl (C=O) groups excluding carboxylic acids is 2. The van der Waals surface area contributed by atoms with Crippen molar-refractivity contribution in [2.24, 2.45) is 5.41 Å². The van der Waals surface area contributed by atoms with Gasteiger partial charge in [0.25, 0.3) is 0 Å². The number of carboxylic acid groups (broad SMARTS) is 1. The number of fused-ring (bicyclic) bond motifs is 1. The third-order valence-electron chi connectivity index (χ3n) is 5.49. The van der Waals surface area contributed by atoms with Gasteiger partial charge in [0.05, 0.1) is 16.4 Å². The van der Waals surface area contributed by atoms with E-state index in [0.29, 0.717) is 23.6 Å². The summed E-state index contributed by atoms with van der Waals surface area (Å²) in [4.78, 5) is 40.8. The van der Waals surface area contributed by atoms with Crippen LogP contribution in [0.5, 0.6) is 0 Å². The van der Waals surface area contributed by atoms with Crippen LogP contribution in [0.3, 0.4) is 0 Å². The number of nitrogens with zero attached hydrogens (tertiary/aromatic N) is 2. The van der Waals surface area contributed by atoms with Gasteiger partial charge in [0.1, 0.15) is 17.7 Å². The molecule has 2 saturated heterocycles. The van der Waals surface area contributed by atoms with Crippen LogP contribution >= 0.6 is 24.0 Å². The van der Waals surface area contributed by atoms with Crippen LogP contribution in [0.4, 0.5) is 4.79 Å². The number of aliphatic carboxylic acids is 1. The number of likely N-dealkylation sites (N-methyl/N-ethyl adjacent to an activating group) is 1. The van der Waals surface area contributed by atoms with Crippen LogP contribution in [-0.2, 0) is 14.3 Å². The Morgan fingerprint density at radius 2 is 2.00 bits per heavy atom. The summed E-state index contributed by atoms with van der Waals surface area (Å²) in [5, 5.41) is 12.7. The first-order valence-electron chi connectivity index (χ1n) is 10.1. The van der Waals surface area contributed by atoms with E-state index in [1.54, 1.807) is 46.5 Å². The number of hydrogen-bond donors (Lipinski definition) is 2. The van der Waals surface area contributed by atoms with E-state index in [9.17, 15) is 19.5 Å². The van der Waals surface area contributed by atoms with Crippen LogP contribution in [0.2, 0.25) is 0 Å². The molecule has 0 aromatic rings. The average molecular weight is 460 g/mol. The minimum Gasteiger partial charge on any atom is -0.480 e. The number of carboxylic acids is 1. The topological polar surface area (TPSA) is 99.2 Å². The first kappa shape index (κ1) is 24.7.